The molecule has 0 bridgehead atoms. The molecule has 0 atom stereocenters. The molecule has 2 N–H and O–H groups in total. The Morgan fingerprint density at radius 1 is 1.00 bits per heavy atom. The van der Waals surface area contributed by atoms with Gasteiger partial charge in [0.1, 0.15) is 0 Å². The molecule has 0 aliphatic heterocycles. The number of carbonyl (C=O) groups excluding carboxylic acids is 2. The highest BCUT2D eigenvalue weighted by Crippen LogP contribution is 2.21. The zero-order valence-electron chi connectivity index (χ0n) is 15.8. The summed E-state index contributed by atoms with van der Waals surface area (Å²) in [6, 6.07) is 13.0. The van der Waals surface area contributed by atoms with Crippen LogP contribution in [0.4, 0.5) is 11.4 Å². The average molecular weight is 396 g/mol. The quantitative estimate of drug-likeness (QED) is 0.621. The van der Waals surface area contributed by atoms with E-state index in [4.69, 9.17) is 0 Å². The Morgan fingerprint density at radius 3 is 2.21 bits per heavy atom. The molecular formula is C19H20N6O2S. The number of aromatic nitrogens is 4. The van der Waals surface area contributed by atoms with E-state index in [0.29, 0.717) is 16.5 Å². The van der Waals surface area contributed by atoms with Crippen molar-refractivity contribution in [3.63, 3.8) is 0 Å². The largest absolute Gasteiger partial charge is 0.326 e. The minimum atomic E-state index is -0.174. The van der Waals surface area contributed by atoms with Crippen LogP contribution in [0.5, 0.6) is 0 Å². The first-order valence-corrected chi connectivity index (χ1v) is 9.56. The number of aryl methyl sites for hydroxylation is 2. The van der Waals surface area contributed by atoms with E-state index < -0.39 is 0 Å². The van der Waals surface area contributed by atoms with Gasteiger partial charge in [-0.2, -0.15) is 4.68 Å². The molecule has 2 aromatic carbocycles. The molecule has 0 spiro atoms. The third-order valence-electron chi connectivity index (χ3n) is 3.71. The van der Waals surface area contributed by atoms with Gasteiger partial charge in [0, 0.05) is 18.3 Å². The van der Waals surface area contributed by atoms with Crippen LogP contribution in [-0.2, 0) is 9.59 Å². The number of nitrogens with one attached hydrogen (secondary N) is 2. The Hall–Kier alpha value is -3.20. The Morgan fingerprint density at radius 2 is 1.61 bits per heavy atom. The first-order chi connectivity index (χ1) is 13.4. The summed E-state index contributed by atoms with van der Waals surface area (Å²) in [6.07, 6.45) is 0. The van der Waals surface area contributed by atoms with Crippen molar-refractivity contribution in [1.29, 1.82) is 0 Å². The van der Waals surface area contributed by atoms with Crippen LogP contribution in [0.1, 0.15) is 18.1 Å². The topological polar surface area (TPSA) is 102 Å². The summed E-state index contributed by atoms with van der Waals surface area (Å²) in [6.45, 7) is 5.47. The molecule has 0 aliphatic carbocycles. The molecule has 1 aromatic heterocycles. The maximum Gasteiger partial charge on any atom is 0.234 e. The number of carbonyl (C=O) groups is 2. The lowest BCUT2D eigenvalue weighted by Crippen LogP contribution is -2.14. The maximum absolute atomic E-state index is 12.2. The van der Waals surface area contributed by atoms with Crippen LogP contribution < -0.4 is 10.6 Å². The number of amides is 2. The van der Waals surface area contributed by atoms with Crippen LogP contribution in [0.15, 0.2) is 47.6 Å². The van der Waals surface area contributed by atoms with Crippen molar-refractivity contribution in [1.82, 2.24) is 20.2 Å². The summed E-state index contributed by atoms with van der Waals surface area (Å²) in [7, 11) is 0. The lowest BCUT2D eigenvalue weighted by molar-refractivity contribution is -0.114. The number of nitrogens with zero attached hydrogens (tertiary/aromatic N) is 4. The fourth-order valence-electron chi connectivity index (χ4n) is 2.67. The van der Waals surface area contributed by atoms with Crippen molar-refractivity contribution in [2.75, 3.05) is 16.4 Å². The monoisotopic (exact) mass is 396 g/mol. The molecule has 0 saturated heterocycles. The fourth-order valence-corrected chi connectivity index (χ4v) is 3.36. The van der Waals surface area contributed by atoms with Crippen molar-refractivity contribution in [3.05, 3.63) is 53.6 Å². The third-order valence-corrected chi connectivity index (χ3v) is 4.63. The second-order valence-electron chi connectivity index (χ2n) is 6.31. The van der Waals surface area contributed by atoms with E-state index in [2.05, 4.69) is 32.2 Å². The molecule has 3 rings (SSSR count). The van der Waals surface area contributed by atoms with Gasteiger partial charge in [0.2, 0.25) is 17.0 Å². The van der Waals surface area contributed by atoms with Crippen LogP contribution in [0, 0.1) is 13.8 Å². The van der Waals surface area contributed by atoms with E-state index >= 15 is 0 Å². The van der Waals surface area contributed by atoms with Crippen molar-refractivity contribution in [2.45, 2.75) is 25.9 Å². The summed E-state index contributed by atoms with van der Waals surface area (Å²) in [5.41, 5.74) is 4.41. The van der Waals surface area contributed by atoms with Crippen LogP contribution in [0.2, 0.25) is 0 Å². The number of tetrazole rings is 1. The average Bonchev–Trinajstić information content (AvgIpc) is 3.09. The van der Waals surface area contributed by atoms with Gasteiger partial charge in [-0.3, -0.25) is 9.59 Å². The zero-order chi connectivity index (χ0) is 20.1. The van der Waals surface area contributed by atoms with Crippen LogP contribution in [0.3, 0.4) is 0 Å². The molecule has 8 nitrogen and oxygen atoms in total. The maximum atomic E-state index is 12.2. The molecule has 2 amide bonds. The van der Waals surface area contributed by atoms with Gasteiger partial charge in [-0.1, -0.05) is 17.8 Å². The Balaban J connectivity index is 1.61. The standard InChI is InChI=1S/C19H20N6O2S/c1-12-8-13(2)10-17(9-12)25-19(22-23-24-25)28-11-18(27)21-16-6-4-15(5-7-16)20-14(3)26/h4-10H,11H2,1-3H3,(H,20,26)(H,21,27). The third kappa shape index (κ3) is 5.17. The van der Waals surface area contributed by atoms with Crippen LogP contribution >= 0.6 is 11.8 Å². The van der Waals surface area contributed by atoms with Gasteiger partial charge < -0.3 is 10.6 Å². The molecule has 9 heteroatoms. The lowest BCUT2D eigenvalue weighted by atomic mass is 10.1. The van der Waals surface area contributed by atoms with Crippen LogP contribution in [-0.4, -0.2) is 37.8 Å². The Kier molecular flexibility index (Phi) is 6.05. The molecular weight excluding hydrogens is 376 g/mol. The number of rotatable bonds is 6. The number of benzene rings is 2. The van der Waals surface area contributed by atoms with E-state index in [1.54, 1.807) is 28.9 Å². The second kappa shape index (κ2) is 8.66. The minimum absolute atomic E-state index is 0.144. The van der Waals surface area contributed by atoms with Gasteiger partial charge in [0.25, 0.3) is 0 Å². The Labute approximate surface area is 166 Å². The molecule has 0 aliphatic rings. The van der Waals surface area contributed by atoms with E-state index in [1.165, 1.54) is 18.7 Å². The Bertz CT molecular complexity index is 980. The van der Waals surface area contributed by atoms with Gasteiger partial charge >= 0.3 is 0 Å². The number of hydrogen-bond acceptors (Lipinski definition) is 6. The van der Waals surface area contributed by atoms with Gasteiger partial charge in [0.05, 0.1) is 11.4 Å². The highest BCUT2D eigenvalue weighted by Gasteiger charge is 2.12. The van der Waals surface area contributed by atoms with Gasteiger partial charge in [0.15, 0.2) is 0 Å². The van der Waals surface area contributed by atoms with Crippen LogP contribution in [0.25, 0.3) is 5.69 Å². The second-order valence-corrected chi connectivity index (χ2v) is 7.26. The van der Waals surface area contributed by atoms with Crippen molar-refractivity contribution < 1.29 is 9.59 Å². The van der Waals surface area contributed by atoms with Crippen molar-refractivity contribution in [3.8, 4) is 5.69 Å². The molecule has 3 aromatic rings. The highest BCUT2D eigenvalue weighted by molar-refractivity contribution is 7.99. The molecule has 1 heterocycles. The summed E-state index contributed by atoms with van der Waals surface area (Å²) in [5.74, 6) is -0.152. The summed E-state index contributed by atoms with van der Waals surface area (Å²) >= 11 is 1.26. The first-order valence-electron chi connectivity index (χ1n) is 8.58. The van der Waals surface area contributed by atoms with E-state index in [1.807, 2.05) is 26.0 Å². The van der Waals surface area contributed by atoms with Gasteiger partial charge in [-0.05, 0) is 71.8 Å². The van der Waals surface area contributed by atoms with E-state index in [0.717, 1.165) is 16.8 Å². The van der Waals surface area contributed by atoms with Gasteiger partial charge in [-0.15, -0.1) is 5.10 Å². The molecule has 0 unspecified atom stereocenters. The predicted molar refractivity (Wildman–Crippen MR) is 109 cm³/mol. The summed E-state index contributed by atoms with van der Waals surface area (Å²) in [4.78, 5) is 23.3. The molecule has 0 radical (unpaired) electrons. The normalized spacial score (nSPS) is 10.5. The summed E-state index contributed by atoms with van der Waals surface area (Å²) < 4.78 is 1.63. The number of thioether (sulfide) groups is 1. The van der Waals surface area contributed by atoms with Gasteiger partial charge in [-0.25, -0.2) is 0 Å². The van der Waals surface area contributed by atoms with Crippen molar-refractivity contribution >= 4 is 35.0 Å². The molecule has 144 valence electrons. The van der Waals surface area contributed by atoms with E-state index in [9.17, 15) is 9.59 Å². The summed E-state index contributed by atoms with van der Waals surface area (Å²) in [5, 5.41) is 17.8. The SMILES string of the molecule is CC(=O)Nc1ccc(NC(=O)CSc2nnnn2-c2cc(C)cc(C)c2)cc1. The molecule has 0 saturated carbocycles. The fraction of sp³-hybridized carbons (Fsp3) is 0.211. The first kappa shape index (κ1) is 19.6. The predicted octanol–water partition coefficient (Wildman–Crippen LogP) is 2.97. The van der Waals surface area contributed by atoms with E-state index in [-0.39, 0.29) is 17.6 Å². The number of hydrogen-bond donors (Lipinski definition) is 2. The van der Waals surface area contributed by atoms with Crippen molar-refractivity contribution in [2.24, 2.45) is 0 Å². The molecule has 28 heavy (non-hydrogen) atoms. The number of anilines is 2. The molecule has 0 fully saturated rings. The lowest BCUT2D eigenvalue weighted by Gasteiger charge is -2.08. The highest BCUT2D eigenvalue weighted by atomic mass is 32.2. The minimum Gasteiger partial charge on any atom is -0.326 e. The zero-order valence-corrected chi connectivity index (χ0v) is 16.6. The smallest absolute Gasteiger partial charge is 0.234 e.